The molecule has 1 aliphatic rings. The Bertz CT molecular complexity index is 411. The number of hydrogen-bond acceptors (Lipinski definition) is 1. The second kappa shape index (κ2) is 4.64. The lowest BCUT2D eigenvalue weighted by Gasteiger charge is -2.20. The van der Waals surface area contributed by atoms with Crippen molar-refractivity contribution in [2.75, 3.05) is 5.32 Å². The minimum atomic E-state index is 0.488. The molecule has 0 radical (unpaired) electrons. The van der Waals surface area contributed by atoms with Crippen LogP contribution in [0.5, 0.6) is 0 Å². The molecule has 1 saturated carbocycles. The predicted octanol–water partition coefficient (Wildman–Crippen LogP) is 4.99. The van der Waals surface area contributed by atoms with Gasteiger partial charge in [-0.1, -0.05) is 36.7 Å². The third kappa shape index (κ3) is 3.04. The lowest BCUT2D eigenvalue weighted by molar-refractivity contribution is 0.366. The number of benzene rings is 1. The predicted molar refractivity (Wildman–Crippen MR) is 78.5 cm³/mol. The van der Waals surface area contributed by atoms with Crippen LogP contribution >= 0.6 is 15.9 Å². The minimum absolute atomic E-state index is 0.488. The van der Waals surface area contributed by atoms with Gasteiger partial charge in [-0.3, -0.25) is 0 Å². The van der Waals surface area contributed by atoms with E-state index in [1.807, 2.05) is 0 Å². The summed E-state index contributed by atoms with van der Waals surface area (Å²) in [6, 6.07) is 7.13. The third-order valence-electron chi connectivity index (χ3n) is 3.84. The van der Waals surface area contributed by atoms with Crippen molar-refractivity contribution in [2.24, 2.45) is 11.3 Å². The Balaban J connectivity index is 2.08. The first-order chi connectivity index (χ1) is 7.87. The van der Waals surface area contributed by atoms with Crippen LogP contribution < -0.4 is 5.32 Å². The van der Waals surface area contributed by atoms with Crippen LogP contribution in [-0.2, 0) is 0 Å². The summed E-state index contributed by atoms with van der Waals surface area (Å²) in [6.07, 6.45) is 2.59. The SMILES string of the molecule is Cc1cc(NC2CC(C)(C)CC2C)ccc1Br. The third-order valence-corrected chi connectivity index (χ3v) is 4.73. The van der Waals surface area contributed by atoms with Crippen molar-refractivity contribution in [1.29, 1.82) is 0 Å². The Kier molecular flexibility index (Phi) is 3.53. The van der Waals surface area contributed by atoms with Crippen LogP contribution in [0.2, 0.25) is 0 Å². The Labute approximate surface area is 113 Å². The molecule has 2 atom stereocenters. The molecule has 17 heavy (non-hydrogen) atoms. The van der Waals surface area contributed by atoms with Gasteiger partial charge < -0.3 is 5.32 Å². The molecule has 1 fully saturated rings. The monoisotopic (exact) mass is 295 g/mol. The molecule has 1 N–H and O–H groups in total. The van der Waals surface area contributed by atoms with Gasteiger partial charge in [0.2, 0.25) is 0 Å². The Morgan fingerprint density at radius 1 is 1.29 bits per heavy atom. The maximum absolute atomic E-state index is 3.69. The van der Waals surface area contributed by atoms with Crippen molar-refractivity contribution in [1.82, 2.24) is 0 Å². The standard InChI is InChI=1S/C15H22BrN/c1-10-7-12(5-6-13(10)16)17-14-9-15(3,4)8-11(14)2/h5-7,11,14,17H,8-9H2,1-4H3. The second-order valence-electron chi connectivity index (χ2n) is 6.26. The van der Waals surface area contributed by atoms with Crippen molar-refractivity contribution in [3.63, 3.8) is 0 Å². The molecule has 1 aromatic carbocycles. The molecule has 0 aliphatic heterocycles. The fourth-order valence-electron chi connectivity index (χ4n) is 3.04. The zero-order valence-corrected chi connectivity index (χ0v) is 12.8. The number of halogens is 1. The number of nitrogens with one attached hydrogen (secondary N) is 1. The number of hydrogen-bond donors (Lipinski definition) is 1. The molecule has 0 bridgehead atoms. The van der Waals surface area contributed by atoms with Gasteiger partial charge in [-0.25, -0.2) is 0 Å². The van der Waals surface area contributed by atoms with Crippen LogP contribution in [0.15, 0.2) is 22.7 Å². The summed E-state index contributed by atoms with van der Waals surface area (Å²) in [7, 11) is 0. The van der Waals surface area contributed by atoms with Gasteiger partial charge in [-0.05, 0) is 54.9 Å². The van der Waals surface area contributed by atoms with E-state index >= 15 is 0 Å². The maximum atomic E-state index is 3.69. The van der Waals surface area contributed by atoms with Crippen molar-refractivity contribution < 1.29 is 0 Å². The van der Waals surface area contributed by atoms with Gasteiger partial charge >= 0.3 is 0 Å². The molecule has 0 spiro atoms. The average Bonchev–Trinajstić information content (AvgIpc) is 2.46. The summed E-state index contributed by atoms with van der Waals surface area (Å²) in [4.78, 5) is 0. The molecular formula is C15H22BrN. The van der Waals surface area contributed by atoms with Gasteiger partial charge in [0.25, 0.3) is 0 Å². The van der Waals surface area contributed by atoms with Crippen molar-refractivity contribution in [2.45, 2.75) is 46.6 Å². The second-order valence-corrected chi connectivity index (χ2v) is 7.12. The number of anilines is 1. The average molecular weight is 296 g/mol. The Morgan fingerprint density at radius 2 is 2.00 bits per heavy atom. The van der Waals surface area contributed by atoms with Gasteiger partial charge in [-0.15, -0.1) is 0 Å². The van der Waals surface area contributed by atoms with Gasteiger partial charge in [0.15, 0.2) is 0 Å². The van der Waals surface area contributed by atoms with E-state index in [-0.39, 0.29) is 0 Å². The van der Waals surface area contributed by atoms with Crippen LogP contribution in [0.25, 0.3) is 0 Å². The zero-order chi connectivity index (χ0) is 12.6. The molecule has 1 aromatic rings. The molecule has 0 aromatic heterocycles. The van der Waals surface area contributed by atoms with E-state index < -0.39 is 0 Å². The first-order valence-electron chi connectivity index (χ1n) is 6.40. The Morgan fingerprint density at radius 3 is 2.53 bits per heavy atom. The maximum Gasteiger partial charge on any atom is 0.0345 e. The molecule has 0 amide bonds. The summed E-state index contributed by atoms with van der Waals surface area (Å²) in [6.45, 7) is 9.24. The fraction of sp³-hybridized carbons (Fsp3) is 0.600. The molecule has 2 rings (SSSR count). The topological polar surface area (TPSA) is 12.0 Å². The van der Waals surface area contributed by atoms with Gasteiger partial charge in [0.1, 0.15) is 0 Å². The van der Waals surface area contributed by atoms with E-state index in [1.165, 1.54) is 28.6 Å². The quantitative estimate of drug-likeness (QED) is 0.810. The first kappa shape index (κ1) is 12.9. The molecule has 0 saturated heterocycles. The minimum Gasteiger partial charge on any atom is -0.382 e. The van der Waals surface area contributed by atoms with E-state index in [1.54, 1.807) is 0 Å². The molecule has 0 heterocycles. The summed E-state index contributed by atoms with van der Waals surface area (Å²) < 4.78 is 1.18. The molecular weight excluding hydrogens is 274 g/mol. The lowest BCUT2D eigenvalue weighted by Crippen LogP contribution is -2.22. The van der Waals surface area contributed by atoms with E-state index in [9.17, 15) is 0 Å². The normalized spacial score (nSPS) is 27.1. The molecule has 1 nitrogen and oxygen atoms in total. The highest BCUT2D eigenvalue weighted by Crippen LogP contribution is 2.42. The van der Waals surface area contributed by atoms with Crippen LogP contribution in [0.3, 0.4) is 0 Å². The van der Waals surface area contributed by atoms with Crippen LogP contribution in [0.1, 0.15) is 39.2 Å². The molecule has 94 valence electrons. The number of rotatable bonds is 2. The van der Waals surface area contributed by atoms with E-state index in [2.05, 4.69) is 67.1 Å². The van der Waals surface area contributed by atoms with Gasteiger partial charge in [0, 0.05) is 16.2 Å². The summed E-state index contributed by atoms with van der Waals surface area (Å²) in [5.41, 5.74) is 3.03. The fourth-order valence-corrected chi connectivity index (χ4v) is 3.28. The molecule has 2 heteroatoms. The lowest BCUT2D eigenvalue weighted by atomic mass is 9.91. The summed E-state index contributed by atoms with van der Waals surface area (Å²) in [5.74, 6) is 0.758. The van der Waals surface area contributed by atoms with E-state index in [0.29, 0.717) is 11.5 Å². The smallest absolute Gasteiger partial charge is 0.0345 e. The summed E-state index contributed by atoms with van der Waals surface area (Å²) in [5, 5.41) is 3.69. The zero-order valence-electron chi connectivity index (χ0n) is 11.2. The van der Waals surface area contributed by atoms with Gasteiger partial charge in [0.05, 0.1) is 0 Å². The highest BCUT2D eigenvalue weighted by atomic mass is 79.9. The first-order valence-corrected chi connectivity index (χ1v) is 7.19. The van der Waals surface area contributed by atoms with Crippen LogP contribution in [-0.4, -0.2) is 6.04 Å². The van der Waals surface area contributed by atoms with Crippen LogP contribution in [0, 0.1) is 18.3 Å². The highest BCUT2D eigenvalue weighted by Gasteiger charge is 2.36. The van der Waals surface area contributed by atoms with Crippen molar-refractivity contribution in [3.05, 3.63) is 28.2 Å². The molecule has 1 aliphatic carbocycles. The van der Waals surface area contributed by atoms with E-state index in [4.69, 9.17) is 0 Å². The highest BCUT2D eigenvalue weighted by molar-refractivity contribution is 9.10. The van der Waals surface area contributed by atoms with Crippen molar-refractivity contribution in [3.8, 4) is 0 Å². The Hall–Kier alpha value is -0.500. The van der Waals surface area contributed by atoms with Crippen LogP contribution in [0.4, 0.5) is 5.69 Å². The summed E-state index contributed by atoms with van der Waals surface area (Å²) >= 11 is 3.54. The molecule has 2 unspecified atom stereocenters. The largest absolute Gasteiger partial charge is 0.382 e. The van der Waals surface area contributed by atoms with E-state index in [0.717, 1.165) is 5.92 Å². The van der Waals surface area contributed by atoms with Crippen molar-refractivity contribution >= 4 is 21.6 Å². The number of aryl methyl sites for hydroxylation is 1. The van der Waals surface area contributed by atoms with Gasteiger partial charge in [-0.2, -0.15) is 0 Å².